The van der Waals surface area contributed by atoms with E-state index in [1.165, 1.54) is 15.2 Å². The van der Waals surface area contributed by atoms with Crippen molar-refractivity contribution < 1.29 is 17.9 Å². The molecule has 32 heavy (non-hydrogen) atoms. The lowest BCUT2D eigenvalue weighted by Gasteiger charge is -2.36. The fourth-order valence-corrected chi connectivity index (χ4v) is 5.74. The van der Waals surface area contributed by atoms with Crippen LogP contribution in [0.1, 0.15) is 22.8 Å². The van der Waals surface area contributed by atoms with Crippen LogP contribution in [-0.2, 0) is 21.3 Å². The van der Waals surface area contributed by atoms with E-state index in [-0.39, 0.29) is 16.5 Å². The number of aromatic nitrogens is 2. The van der Waals surface area contributed by atoms with Crippen LogP contribution in [0.3, 0.4) is 0 Å². The van der Waals surface area contributed by atoms with E-state index in [1.807, 2.05) is 32.0 Å². The Balaban J connectivity index is 1.55. The van der Waals surface area contributed by atoms with Gasteiger partial charge in [0, 0.05) is 62.7 Å². The lowest BCUT2D eigenvalue weighted by molar-refractivity contribution is 0.0300. The molecule has 0 radical (unpaired) electrons. The Morgan fingerprint density at radius 1 is 1.12 bits per heavy atom. The third kappa shape index (κ3) is 4.50. The Morgan fingerprint density at radius 2 is 1.81 bits per heavy atom. The molecule has 0 saturated carbocycles. The number of anilines is 1. The zero-order chi connectivity index (χ0) is 22.9. The number of piperazine rings is 1. The number of nitrogens with zero attached hydrogens (tertiary/aromatic N) is 5. The summed E-state index contributed by atoms with van der Waals surface area (Å²) in [5, 5.41) is 4.76. The van der Waals surface area contributed by atoms with Crippen molar-refractivity contribution in [3.63, 3.8) is 0 Å². The molecule has 2 aromatic rings. The van der Waals surface area contributed by atoms with Gasteiger partial charge >= 0.3 is 0 Å². The first-order valence-electron chi connectivity index (χ1n) is 10.8. The number of benzene rings is 1. The van der Waals surface area contributed by atoms with Crippen molar-refractivity contribution in [2.75, 3.05) is 57.4 Å². The van der Waals surface area contributed by atoms with Gasteiger partial charge in [-0.1, -0.05) is 17.7 Å². The van der Waals surface area contributed by atoms with Gasteiger partial charge in [0.05, 0.1) is 18.8 Å². The van der Waals surface area contributed by atoms with Crippen LogP contribution in [0.2, 0.25) is 5.02 Å². The molecule has 1 aromatic heterocycles. The maximum atomic E-state index is 13.5. The highest BCUT2D eigenvalue weighted by molar-refractivity contribution is 7.89. The third-order valence-electron chi connectivity index (χ3n) is 5.92. The summed E-state index contributed by atoms with van der Waals surface area (Å²) in [5.74, 6) is -0.320. The maximum absolute atomic E-state index is 13.5. The van der Waals surface area contributed by atoms with E-state index < -0.39 is 10.0 Å². The zero-order valence-corrected chi connectivity index (χ0v) is 19.9. The molecule has 2 aliphatic heterocycles. The second-order valence-corrected chi connectivity index (χ2v) is 10.2. The Bertz CT molecular complexity index is 1090. The number of halogens is 1. The molecule has 0 N–H and O–H groups in total. The standard InChI is InChI=1S/C21H28ClN5O4S/c1-3-26-15-18(21(28)25-10-12-31-13-11-25)20(23-26)32(29,30)27-8-6-24(7-9-27)19-14-17(22)5-4-16(19)2/h4-5,14-15H,3,6-13H2,1-2H3. The number of ether oxygens (including phenoxy) is 1. The van der Waals surface area contributed by atoms with Gasteiger partial charge in [-0.25, -0.2) is 8.42 Å². The minimum absolute atomic E-state index is 0.127. The van der Waals surface area contributed by atoms with Crippen molar-refractivity contribution in [1.82, 2.24) is 19.0 Å². The molecule has 0 bridgehead atoms. The van der Waals surface area contributed by atoms with Gasteiger partial charge in [0.25, 0.3) is 15.9 Å². The number of rotatable bonds is 5. The number of morpholine rings is 1. The molecule has 1 aromatic carbocycles. The summed E-state index contributed by atoms with van der Waals surface area (Å²) in [6.07, 6.45) is 1.54. The SMILES string of the molecule is CCn1cc(C(=O)N2CCOCC2)c(S(=O)(=O)N2CCN(c3cc(Cl)ccc3C)CC2)n1. The van der Waals surface area contributed by atoms with Gasteiger partial charge in [0.15, 0.2) is 0 Å². The van der Waals surface area contributed by atoms with Gasteiger partial charge in [0.1, 0.15) is 0 Å². The van der Waals surface area contributed by atoms with Crippen LogP contribution in [0.25, 0.3) is 0 Å². The molecule has 2 aliphatic rings. The highest BCUT2D eigenvalue weighted by Crippen LogP contribution is 2.27. The highest BCUT2D eigenvalue weighted by atomic mass is 35.5. The van der Waals surface area contributed by atoms with Crippen molar-refractivity contribution in [3.05, 3.63) is 40.5 Å². The Morgan fingerprint density at radius 3 is 2.47 bits per heavy atom. The van der Waals surface area contributed by atoms with Crippen LogP contribution < -0.4 is 4.90 Å². The molecule has 4 rings (SSSR count). The van der Waals surface area contributed by atoms with Crippen molar-refractivity contribution in [1.29, 1.82) is 0 Å². The summed E-state index contributed by atoms with van der Waals surface area (Å²) in [4.78, 5) is 16.9. The zero-order valence-electron chi connectivity index (χ0n) is 18.3. The first-order chi connectivity index (χ1) is 15.3. The number of hydrogen-bond acceptors (Lipinski definition) is 6. The molecule has 11 heteroatoms. The van der Waals surface area contributed by atoms with Gasteiger partial charge in [-0.2, -0.15) is 9.40 Å². The molecule has 2 fully saturated rings. The van der Waals surface area contributed by atoms with E-state index in [0.29, 0.717) is 64.0 Å². The van der Waals surface area contributed by atoms with E-state index in [2.05, 4.69) is 10.00 Å². The Hall–Kier alpha value is -2.14. The van der Waals surface area contributed by atoms with E-state index in [0.717, 1.165) is 11.3 Å². The van der Waals surface area contributed by atoms with Crippen LogP contribution in [0, 0.1) is 6.92 Å². The topological polar surface area (TPSA) is 88.0 Å². The number of hydrogen-bond donors (Lipinski definition) is 0. The molecular formula is C21H28ClN5O4S. The molecule has 0 unspecified atom stereocenters. The number of amides is 1. The molecule has 0 aliphatic carbocycles. The first-order valence-corrected chi connectivity index (χ1v) is 12.6. The predicted molar refractivity (Wildman–Crippen MR) is 122 cm³/mol. The van der Waals surface area contributed by atoms with Crippen LogP contribution in [0.15, 0.2) is 29.4 Å². The van der Waals surface area contributed by atoms with Crippen molar-refractivity contribution in [2.24, 2.45) is 0 Å². The van der Waals surface area contributed by atoms with Crippen LogP contribution in [-0.4, -0.2) is 85.8 Å². The van der Waals surface area contributed by atoms with Gasteiger partial charge in [0.2, 0.25) is 5.03 Å². The highest BCUT2D eigenvalue weighted by Gasteiger charge is 2.36. The number of aryl methyl sites for hydroxylation is 2. The molecule has 0 spiro atoms. The Labute approximate surface area is 193 Å². The molecule has 174 valence electrons. The summed E-state index contributed by atoms with van der Waals surface area (Å²) < 4.78 is 35.2. The van der Waals surface area contributed by atoms with Crippen LogP contribution in [0.4, 0.5) is 5.69 Å². The lowest BCUT2D eigenvalue weighted by Crippen LogP contribution is -2.49. The van der Waals surface area contributed by atoms with Crippen molar-refractivity contribution in [3.8, 4) is 0 Å². The quantitative estimate of drug-likeness (QED) is 0.647. The fraction of sp³-hybridized carbons (Fsp3) is 0.524. The van der Waals surface area contributed by atoms with Crippen LogP contribution in [0.5, 0.6) is 0 Å². The fourth-order valence-electron chi connectivity index (χ4n) is 4.05. The largest absolute Gasteiger partial charge is 0.378 e. The minimum Gasteiger partial charge on any atom is -0.378 e. The van der Waals surface area contributed by atoms with Gasteiger partial charge < -0.3 is 14.5 Å². The monoisotopic (exact) mass is 481 g/mol. The van der Waals surface area contributed by atoms with Gasteiger partial charge in [-0.05, 0) is 31.5 Å². The van der Waals surface area contributed by atoms with E-state index in [1.54, 1.807) is 4.90 Å². The third-order valence-corrected chi connectivity index (χ3v) is 7.99. The van der Waals surface area contributed by atoms with E-state index >= 15 is 0 Å². The van der Waals surface area contributed by atoms with Gasteiger partial charge in [-0.3, -0.25) is 9.48 Å². The molecular weight excluding hydrogens is 454 g/mol. The average Bonchev–Trinajstić information content (AvgIpc) is 3.26. The van der Waals surface area contributed by atoms with Crippen molar-refractivity contribution >= 4 is 33.2 Å². The number of sulfonamides is 1. The minimum atomic E-state index is -3.92. The van der Waals surface area contributed by atoms with Crippen molar-refractivity contribution in [2.45, 2.75) is 25.4 Å². The Kier molecular flexibility index (Phi) is 6.75. The average molecular weight is 482 g/mol. The number of carbonyl (C=O) groups is 1. The smallest absolute Gasteiger partial charge is 0.263 e. The first kappa shape index (κ1) is 23.0. The summed E-state index contributed by atoms with van der Waals surface area (Å²) in [6, 6.07) is 5.71. The summed E-state index contributed by atoms with van der Waals surface area (Å²) >= 11 is 6.16. The van der Waals surface area contributed by atoms with E-state index in [9.17, 15) is 13.2 Å². The summed E-state index contributed by atoms with van der Waals surface area (Å²) in [7, 11) is -3.92. The molecule has 9 nitrogen and oxygen atoms in total. The summed E-state index contributed by atoms with van der Waals surface area (Å²) in [5.41, 5.74) is 2.22. The molecule has 3 heterocycles. The molecule has 2 saturated heterocycles. The summed E-state index contributed by atoms with van der Waals surface area (Å²) in [6.45, 7) is 7.77. The number of carbonyl (C=O) groups excluding carboxylic acids is 1. The molecule has 0 atom stereocenters. The van der Waals surface area contributed by atoms with Crippen LogP contribution >= 0.6 is 11.6 Å². The normalized spacial score (nSPS) is 18.2. The maximum Gasteiger partial charge on any atom is 0.263 e. The lowest BCUT2D eigenvalue weighted by atomic mass is 10.1. The second-order valence-electron chi connectivity index (χ2n) is 7.93. The van der Waals surface area contributed by atoms with Gasteiger partial charge in [-0.15, -0.1) is 0 Å². The predicted octanol–water partition coefficient (Wildman–Crippen LogP) is 1.85. The van der Waals surface area contributed by atoms with E-state index in [4.69, 9.17) is 16.3 Å². The second kappa shape index (κ2) is 9.38. The molecule has 1 amide bonds.